The van der Waals surface area contributed by atoms with Crippen molar-refractivity contribution < 1.29 is 14.9 Å². The van der Waals surface area contributed by atoms with E-state index >= 15 is 0 Å². The van der Waals surface area contributed by atoms with E-state index in [1.807, 2.05) is 87.5 Å². The van der Waals surface area contributed by atoms with Crippen molar-refractivity contribution in [2.45, 2.75) is 40.2 Å². The number of aliphatic hydroxyl groups excluding tert-OH is 1. The summed E-state index contributed by atoms with van der Waals surface area (Å²) in [7, 11) is 0. The predicted molar refractivity (Wildman–Crippen MR) is 120 cm³/mol. The lowest BCUT2D eigenvalue weighted by atomic mass is 10.0. The summed E-state index contributed by atoms with van der Waals surface area (Å²) in [4.78, 5) is 0. The van der Waals surface area contributed by atoms with Crippen LogP contribution in [-0.2, 0) is 0 Å². The Morgan fingerprint density at radius 1 is 0.897 bits per heavy atom. The maximum atomic E-state index is 9.32. The second kappa shape index (κ2) is 13.1. The second-order valence-electron chi connectivity index (χ2n) is 6.31. The maximum absolute atomic E-state index is 9.32. The molecule has 4 nitrogen and oxygen atoms in total. The molecule has 3 aromatic carbocycles. The first-order valence-corrected chi connectivity index (χ1v) is 9.78. The molecule has 0 heterocycles. The Labute approximate surface area is 173 Å². The maximum Gasteiger partial charge on any atom is 0.128 e. The fourth-order valence-electron chi connectivity index (χ4n) is 2.33. The van der Waals surface area contributed by atoms with E-state index in [1.165, 1.54) is 5.56 Å². The Bertz CT molecular complexity index is 822. The van der Waals surface area contributed by atoms with Crippen LogP contribution in [0.1, 0.15) is 38.3 Å². The van der Waals surface area contributed by atoms with Crippen molar-refractivity contribution in [3.63, 3.8) is 0 Å². The van der Waals surface area contributed by atoms with Gasteiger partial charge in [0.25, 0.3) is 0 Å². The number of phenolic OH excluding ortho intramolecular Hbond substituents is 1. The van der Waals surface area contributed by atoms with E-state index in [4.69, 9.17) is 15.3 Å². The van der Waals surface area contributed by atoms with E-state index in [-0.39, 0.29) is 0 Å². The lowest BCUT2D eigenvalue weighted by molar-refractivity contribution is 0.203. The minimum Gasteiger partial charge on any atom is -0.508 e. The van der Waals surface area contributed by atoms with Crippen molar-refractivity contribution in [3.8, 4) is 17.2 Å². The molecule has 3 N–H and O–H groups in total. The average molecular weight is 394 g/mol. The molecule has 0 aromatic heterocycles. The van der Waals surface area contributed by atoms with Gasteiger partial charge in [-0.2, -0.15) is 0 Å². The molecule has 0 aliphatic carbocycles. The van der Waals surface area contributed by atoms with Gasteiger partial charge < -0.3 is 20.4 Å². The van der Waals surface area contributed by atoms with Crippen LogP contribution in [0.25, 0.3) is 0 Å². The normalized spacial score (nSPS) is 10.5. The van der Waals surface area contributed by atoms with E-state index in [2.05, 4.69) is 0 Å². The molecule has 29 heavy (non-hydrogen) atoms. The molecule has 0 spiro atoms. The molecule has 0 aliphatic heterocycles. The highest BCUT2D eigenvalue weighted by Gasteiger charge is 2.06. The van der Waals surface area contributed by atoms with Gasteiger partial charge in [0, 0.05) is 12.1 Å². The number of phenols is 1. The van der Waals surface area contributed by atoms with Gasteiger partial charge in [-0.15, -0.1) is 0 Å². The summed E-state index contributed by atoms with van der Waals surface area (Å²) < 4.78 is 5.71. The number of para-hydroxylation sites is 1. The quantitative estimate of drug-likeness (QED) is 0.443. The van der Waals surface area contributed by atoms with Gasteiger partial charge in [0.05, 0.1) is 6.10 Å². The molecule has 4 heteroatoms. The van der Waals surface area contributed by atoms with Crippen molar-refractivity contribution in [3.05, 3.63) is 90.0 Å². The highest BCUT2D eigenvalue weighted by molar-refractivity contribution is 5.98. The third-order valence-electron chi connectivity index (χ3n) is 3.69. The summed E-state index contributed by atoms with van der Waals surface area (Å²) in [5, 5.41) is 26.0. The van der Waals surface area contributed by atoms with Crippen molar-refractivity contribution in [2.75, 3.05) is 0 Å². The van der Waals surface area contributed by atoms with E-state index < -0.39 is 6.10 Å². The van der Waals surface area contributed by atoms with Crippen molar-refractivity contribution in [1.82, 2.24) is 0 Å². The fourth-order valence-corrected chi connectivity index (χ4v) is 2.33. The lowest BCUT2D eigenvalue weighted by Crippen LogP contribution is -2.09. The zero-order chi connectivity index (χ0) is 21.6. The highest BCUT2D eigenvalue weighted by Crippen LogP contribution is 2.22. The Morgan fingerprint density at radius 2 is 1.48 bits per heavy atom. The van der Waals surface area contributed by atoms with Gasteiger partial charge in [0.15, 0.2) is 0 Å². The van der Waals surface area contributed by atoms with E-state index in [0.717, 1.165) is 11.3 Å². The number of rotatable bonds is 5. The van der Waals surface area contributed by atoms with Gasteiger partial charge in [0.1, 0.15) is 17.2 Å². The Kier molecular flexibility index (Phi) is 10.8. The van der Waals surface area contributed by atoms with Gasteiger partial charge >= 0.3 is 0 Å². The molecule has 1 atom stereocenters. The van der Waals surface area contributed by atoms with Crippen LogP contribution < -0.4 is 4.74 Å². The third-order valence-corrected chi connectivity index (χ3v) is 3.69. The molecule has 0 amide bonds. The smallest absolute Gasteiger partial charge is 0.128 e. The van der Waals surface area contributed by atoms with Gasteiger partial charge in [-0.25, -0.2) is 0 Å². The molecular formula is C25H31NO3. The Morgan fingerprint density at radius 3 is 2.03 bits per heavy atom. The zero-order valence-corrected chi connectivity index (χ0v) is 17.6. The molecule has 0 aliphatic rings. The zero-order valence-electron chi connectivity index (χ0n) is 17.6. The first-order valence-electron chi connectivity index (χ1n) is 9.78. The van der Waals surface area contributed by atoms with Gasteiger partial charge in [-0.05, 0) is 55.8 Å². The van der Waals surface area contributed by atoms with E-state index in [1.54, 1.807) is 19.1 Å². The Hall–Kier alpha value is -3.11. The number of hydrogen-bond donors (Lipinski definition) is 3. The van der Waals surface area contributed by atoms with Crippen molar-refractivity contribution >= 4 is 5.71 Å². The highest BCUT2D eigenvalue weighted by atomic mass is 16.5. The molecule has 3 rings (SSSR count). The third kappa shape index (κ3) is 9.58. The molecule has 0 saturated heterocycles. The number of aromatic hydroxyl groups is 1. The molecule has 1 unspecified atom stereocenters. The lowest BCUT2D eigenvalue weighted by Gasteiger charge is -2.09. The minimum absolute atomic E-state index is 0.329. The fraction of sp³-hybridized carbons (Fsp3) is 0.240. The number of ether oxygens (including phenoxy) is 1. The van der Waals surface area contributed by atoms with Gasteiger partial charge in [-0.3, -0.25) is 0 Å². The molecule has 0 saturated carbocycles. The van der Waals surface area contributed by atoms with Crippen LogP contribution in [0.3, 0.4) is 0 Å². The van der Waals surface area contributed by atoms with Crippen LogP contribution in [0.15, 0.2) is 78.9 Å². The number of aliphatic hydroxyl groups is 1. The largest absolute Gasteiger partial charge is 0.508 e. The standard InChI is InChI=1S/C16H17NO2.C7H8O.C2H6/c1-12(18)10-16(17)13-6-5-9-15(11-13)19-14-7-3-2-4-8-14;1-6-2-4-7(8)5-3-6;1-2/h2-9,11-12,17-18H,10H2,1H3;2-5,8H,1H3;1-2H3. The monoisotopic (exact) mass is 393 g/mol. The van der Waals surface area contributed by atoms with E-state index in [0.29, 0.717) is 23.6 Å². The molecule has 3 aromatic rings. The topological polar surface area (TPSA) is 73.5 Å². The predicted octanol–water partition coefficient (Wildman–Crippen LogP) is 6.34. The molecular weight excluding hydrogens is 362 g/mol. The number of benzene rings is 3. The summed E-state index contributed by atoms with van der Waals surface area (Å²) in [6, 6.07) is 24.0. The van der Waals surface area contributed by atoms with Crippen molar-refractivity contribution in [2.24, 2.45) is 0 Å². The second-order valence-corrected chi connectivity index (χ2v) is 6.31. The molecule has 0 bridgehead atoms. The number of aryl methyl sites for hydroxylation is 1. The van der Waals surface area contributed by atoms with Gasteiger partial charge in [-0.1, -0.05) is 61.9 Å². The molecule has 154 valence electrons. The van der Waals surface area contributed by atoms with Crippen LogP contribution in [0.2, 0.25) is 0 Å². The van der Waals surface area contributed by atoms with Crippen molar-refractivity contribution in [1.29, 1.82) is 5.41 Å². The molecule has 0 fully saturated rings. The van der Waals surface area contributed by atoms with Gasteiger partial charge in [0.2, 0.25) is 0 Å². The summed E-state index contributed by atoms with van der Waals surface area (Å²) in [5.74, 6) is 1.79. The number of hydrogen-bond acceptors (Lipinski definition) is 4. The minimum atomic E-state index is -0.508. The summed E-state index contributed by atoms with van der Waals surface area (Å²) in [5.41, 5.74) is 2.35. The first-order chi connectivity index (χ1) is 13.9. The average Bonchev–Trinajstić information content (AvgIpc) is 2.73. The Balaban J connectivity index is 0.000000351. The summed E-state index contributed by atoms with van der Waals surface area (Å²) in [6.07, 6.45) is -0.166. The number of nitrogens with one attached hydrogen (secondary N) is 1. The SMILES string of the molecule is CC.CC(O)CC(=N)c1cccc(Oc2ccccc2)c1.Cc1ccc(O)cc1. The van der Waals surface area contributed by atoms with Crippen LogP contribution in [0, 0.1) is 12.3 Å². The molecule has 0 radical (unpaired) electrons. The summed E-state index contributed by atoms with van der Waals surface area (Å²) in [6.45, 7) is 7.66. The first kappa shape index (κ1) is 23.9. The van der Waals surface area contributed by atoms with E-state index in [9.17, 15) is 5.11 Å². The van der Waals surface area contributed by atoms with Crippen LogP contribution in [0.4, 0.5) is 0 Å². The summed E-state index contributed by atoms with van der Waals surface area (Å²) >= 11 is 0. The van der Waals surface area contributed by atoms with Crippen LogP contribution >= 0.6 is 0 Å². The van der Waals surface area contributed by atoms with Crippen LogP contribution in [-0.4, -0.2) is 22.0 Å². The van der Waals surface area contributed by atoms with Crippen LogP contribution in [0.5, 0.6) is 17.2 Å².